The summed E-state index contributed by atoms with van der Waals surface area (Å²) in [4.78, 5) is 0.0877. The van der Waals surface area contributed by atoms with Gasteiger partial charge < -0.3 is 15.6 Å². The third kappa shape index (κ3) is 3.43. The van der Waals surface area contributed by atoms with Gasteiger partial charge in [-0.3, -0.25) is 4.72 Å². The third-order valence-electron chi connectivity index (χ3n) is 3.02. The summed E-state index contributed by atoms with van der Waals surface area (Å²) in [5, 5.41) is 9.74. The maximum atomic E-state index is 12.4. The molecule has 0 bridgehead atoms. The van der Waals surface area contributed by atoms with Gasteiger partial charge in [0, 0.05) is 11.8 Å². The average molecular weight is 322 g/mol. The van der Waals surface area contributed by atoms with Gasteiger partial charge >= 0.3 is 0 Å². The van der Waals surface area contributed by atoms with Crippen molar-refractivity contribution in [3.8, 4) is 11.5 Å². The lowest BCUT2D eigenvalue weighted by Crippen LogP contribution is -2.13. The van der Waals surface area contributed by atoms with E-state index in [-0.39, 0.29) is 16.3 Å². The highest BCUT2D eigenvalue weighted by Crippen LogP contribution is 2.29. The Morgan fingerprint density at radius 1 is 1.23 bits per heavy atom. The van der Waals surface area contributed by atoms with E-state index in [9.17, 15) is 13.5 Å². The number of benzene rings is 2. The lowest BCUT2D eigenvalue weighted by Gasteiger charge is -2.12. The van der Waals surface area contributed by atoms with Gasteiger partial charge in [0.05, 0.1) is 17.2 Å². The highest BCUT2D eigenvalue weighted by Gasteiger charge is 2.17. The fourth-order valence-corrected chi connectivity index (χ4v) is 3.10. The molecule has 0 radical (unpaired) electrons. The van der Waals surface area contributed by atoms with Gasteiger partial charge in [-0.25, -0.2) is 8.42 Å². The van der Waals surface area contributed by atoms with Crippen LogP contribution in [0, 0.1) is 6.92 Å². The molecule has 2 aromatic rings. The Kier molecular flexibility index (Phi) is 4.46. The molecule has 4 N–H and O–H groups in total. The number of nitrogens with two attached hydrogens (primary N) is 1. The molecule has 0 heterocycles. The molecule has 0 saturated carbocycles. The van der Waals surface area contributed by atoms with Crippen molar-refractivity contribution in [2.24, 2.45) is 0 Å². The van der Waals surface area contributed by atoms with Crippen LogP contribution in [0.3, 0.4) is 0 Å². The highest BCUT2D eigenvalue weighted by molar-refractivity contribution is 7.92. The first-order valence-corrected chi connectivity index (χ1v) is 8.16. The van der Waals surface area contributed by atoms with Crippen LogP contribution in [0.4, 0.5) is 11.4 Å². The second kappa shape index (κ2) is 6.15. The number of phenolic OH excluding ortho intramolecular Hbond substituents is 1. The van der Waals surface area contributed by atoms with E-state index in [0.717, 1.165) is 0 Å². The van der Waals surface area contributed by atoms with Crippen LogP contribution in [0.5, 0.6) is 11.5 Å². The number of hydrogen-bond donors (Lipinski definition) is 3. The molecule has 0 fully saturated rings. The molecule has 0 aliphatic carbocycles. The van der Waals surface area contributed by atoms with Gasteiger partial charge in [-0.2, -0.15) is 0 Å². The van der Waals surface area contributed by atoms with Crippen molar-refractivity contribution in [1.29, 1.82) is 0 Å². The zero-order valence-corrected chi connectivity index (χ0v) is 13.1. The molecule has 0 aromatic heterocycles. The number of phenols is 1. The Morgan fingerprint density at radius 3 is 2.55 bits per heavy atom. The third-order valence-corrected chi connectivity index (χ3v) is 4.39. The molecule has 0 amide bonds. The Hall–Kier alpha value is -2.41. The summed E-state index contributed by atoms with van der Waals surface area (Å²) in [6.45, 7) is 4.13. The first-order chi connectivity index (χ1) is 10.3. The summed E-state index contributed by atoms with van der Waals surface area (Å²) >= 11 is 0. The zero-order valence-electron chi connectivity index (χ0n) is 12.3. The second-order valence-electron chi connectivity index (χ2n) is 4.74. The van der Waals surface area contributed by atoms with Crippen LogP contribution in [0.2, 0.25) is 0 Å². The minimum absolute atomic E-state index is 0.0701. The number of hydrogen-bond acceptors (Lipinski definition) is 5. The lowest BCUT2D eigenvalue weighted by atomic mass is 10.2. The van der Waals surface area contributed by atoms with E-state index >= 15 is 0 Å². The molecule has 2 aromatic carbocycles. The summed E-state index contributed by atoms with van der Waals surface area (Å²) in [6, 6.07) is 8.76. The molecular formula is C15H18N2O4S. The van der Waals surface area contributed by atoms with Crippen molar-refractivity contribution >= 4 is 21.4 Å². The molecular weight excluding hydrogens is 304 g/mol. The van der Waals surface area contributed by atoms with Crippen molar-refractivity contribution in [3.05, 3.63) is 42.0 Å². The number of anilines is 2. The van der Waals surface area contributed by atoms with Crippen LogP contribution in [-0.4, -0.2) is 20.1 Å². The first-order valence-electron chi connectivity index (χ1n) is 6.68. The Labute approximate surface area is 129 Å². The van der Waals surface area contributed by atoms with Crippen molar-refractivity contribution in [1.82, 2.24) is 0 Å². The van der Waals surface area contributed by atoms with E-state index in [4.69, 9.17) is 10.5 Å². The van der Waals surface area contributed by atoms with Gasteiger partial charge in [-0.1, -0.05) is 0 Å². The smallest absolute Gasteiger partial charge is 0.262 e. The minimum atomic E-state index is -3.81. The summed E-state index contributed by atoms with van der Waals surface area (Å²) in [5.41, 5.74) is 6.65. The standard InChI is InChI=1S/C15H18N2O4S/c1-3-21-15-7-5-12(8-10(15)2)22(19,20)17-13-6-4-11(16)9-14(13)18/h4-9,17-18H,3,16H2,1-2H3. The van der Waals surface area contributed by atoms with Crippen LogP contribution in [-0.2, 0) is 10.0 Å². The summed E-state index contributed by atoms with van der Waals surface area (Å²) in [5.74, 6) is 0.406. The van der Waals surface area contributed by atoms with Gasteiger partial charge in [-0.15, -0.1) is 0 Å². The highest BCUT2D eigenvalue weighted by atomic mass is 32.2. The van der Waals surface area contributed by atoms with E-state index in [1.165, 1.54) is 30.3 Å². The Balaban J connectivity index is 2.32. The minimum Gasteiger partial charge on any atom is -0.506 e. The van der Waals surface area contributed by atoms with Crippen LogP contribution in [0.1, 0.15) is 12.5 Å². The quantitative estimate of drug-likeness (QED) is 0.580. The van der Waals surface area contributed by atoms with Gasteiger partial charge in [0.2, 0.25) is 0 Å². The average Bonchev–Trinajstić information content (AvgIpc) is 2.44. The summed E-state index contributed by atoms with van der Waals surface area (Å²) < 4.78 is 32.5. The topological polar surface area (TPSA) is 102 Å². The van der Waals surface area contributed by atoms with E-state index in [0.29, 0.717) is 23.6 Å². The van der Waals surface area contributed by atoms with E-state index in [1.807, 2.05) is 6.92 Å². The predicted molar refractivity (Wildman–Crippen MR) is 85.7 cm³/mol. The fraction of sp³-hybridized carbons (Fsp3) is 0.200. The van der Waals surface area contributed by atoms with Gasteiger partial charge in [0.15, 0.2) is 0 Å². The largest absolute Gasteiger partial charge is 0.506 e. The zero-order chi connectivity index (χ0) is 16.3. The lowest BCUT2D eigenvalue weighted by molar-refractivity contribution is 0.337. The Bertz CT molecular complexity index is 788. The van der Waals surface area contributed by atoms with Crippen LogP contribution in [0.15, 0.2) is 41.3 Å². The van der Waals surface area contributed by atoms with Crippen molar-refractivity contribution < 1.29 is 18.3 Å². The first kappa shape index (κ1) is 16.0. The number of ether oxygens (including phenoxy) is 1. The predicted octanol–water partition coefficient (Wildman–Crippen LogP) is 2.48. The molecule has 6 nitrogen and oxygen atoms in total. The molecule has 0 spiro atoms. The van der Waals surface area contributed by atoms with Crippen LogP contribution >= 0.6 is 0 Å². The number of nitrogens with one attached hydrogen (secondary N) is 1. The van der Waals surface area contributed by atoms with Gasteiger partial charge in [0.25, 0.3) is 10.0 Å². The van der Waals surface area contributed by atoms with E-state index in [2.05, 4.69) is 4.72 Å². The normalized spacial score (nSPS) is 11.2. The SMILES string of the molecule is CCOc1ccc(S(=O)(=O)Nc2ccc(N)cc2O)cc1C. The molecule has 0 aliphatic rings. The number of aromatic hydroxyl groups is 1. The summed E-state index contributed by atoms with van der Waals surface area (Å²) in [7, 11) is -3.81. The van der Waals surface area contributed by atoms with E-state index < -0.39 is 10.0 Å². The number of rotatable bonds is 5. The molecule has 2 rings (SSSR count). The maximum Gasteiger partial charge on any atom is 0.262 e. The van der Waals surface area contributed by atoms with Gasteiger partial charge in [0.1, 0.15) is 11.5 Å². The maximum absolute atomic E-state index is 12.4. The number of sulfonamides is 1. The fourth-order valence-electron chi connectivity index (χ4n) is 1.95. The monoisotopic (exact) mass is 322 g/mol. The van der Waals surface area contributed by atoms with Crippen molar-refractivity contribution in [2.75, 3.05) is 17.1 Å². The van der Waals surface area contributed by atoms with Crippen LogP contribution < -0.4 is 15.2 Å². The van der Waals surface area contributed by atoms with E-state index in [1.54, 1.807) is 13.0 Å². The summed E-state index contributed by atoms with van der Waals surface area (Å²) in [6.07, 6.45) is 0. The molecule has 118 valence electrons. The van der Waals surface area contributed by atoms with Crippen LogP contribution in [0.25, 0.3) is 0 Å². The van der Waals surface area contributed by atoms with Gasteiger partial charge in [-0.05, 0) is 49.7 Å². The van der Waals surface area contributed by atoms with Crippen molar-refractivity contribution in [2.45, 2.75) is 18.7 Å². The van der Waals surface area contributed by atoms with Crippen molar-refractivity contribution in [3.63, 3.8) is 0 Å². The molecule has 0 unspecified atom stereocenters. The second-order valence-corrected chi connectivity index (χ2v) is 6.42. The number of aryl methyl sites for hydroxylation is 1. The number of nitrogen functional groups attached to an aromatic ring is 1. The molecule has 0 atom stereocenters. The molecule has 0 aliphatic heterocycles. The molecule has 0 saturated heterocycles. The molecule has 22 heavy (non-hydrogen) atoms. The molecule has 7 heteroatoms. The Morgan fingerprint density at radius 2 is 1.95 bits per heavy atom.